The van der Waals surface area contributed by atoms with E-state index in [-0.39, 0.29) is 11.4 Å². The Kier molecular flexibility index (Phi) is 4.27. The molecule has 0 unspecified atom stereocenters. The van der Waals surface area contributed by atoms with Gasteiger partial charge in [0.05, 0.1) is 6.20 Å². The molecular formula is C9H15F3N4O2S. The van der Waals surface area contributed by atoms with Crippen LogP contribution in [0.2, 0.25) is 0 Å². The van der Waals surface area contributed by atoms with Gasteiger partial charge in [0, 0.05) is 18.3 Å². The molecular weight excluding hydrogens is 285 g/mol. The van der Waals surface area contributed by atoms with Crippen LogP contribution in [-0.4, -0.2) is 36.5 Å². The lowest BCUT2D eigenvalue weighted by Gasteiger charge is -2.23. The fourth-order valence-corrected chi connectivity index (χ4v) is 2.59. The van der Waals surface area contributed by atoms with E-state index in [4.69, 9.17) is 5.73 Å². The van der Waals surface area contributed by atoms with Crippen molar-refractivity contribution in [3.63, 3.8) is 0 Å². The normalized spacial score (nSPS) is 13.8. The van der Waals surface area contributed by atoms with Crippen molar-refractivity contribution in [2.45, 2.75) is 37.0 Å². The third-order valence-electron chi connectivity index (χ3n) is 2.18. The molecule has 0 amide bonds. The number of hydrogen-bond donors (Lipinski definition) is 2. The van der Waals surface area contributed by atoms with Crippen molar-refractivity contribution < 1.29 is 21.6 Å². The van der Waals surface area contributed by atoms with Gasteiger partial charge in [-0.05, 0) is 13.8 Å². The Morgan fingerprint density at radius 1 is 1.42 bits per heavy atom. The third kappa shape index (κ3) is 4.80. The van der Waals surface area contributed by atoms with Gasteiger partial charge in [-0.2, -0.15) is 18.3 Å². The Hall–Kier alpha value is -1.13. The zero-order valence-corrected chi connectivity index (χ0v) is 11.2. The first-order chi connectivity index (χ1) is 8.45. The lowest BCUT2D eigenvalue weighted by molar-refractivity contribution is -0.142. The molecule has 0 spiro atoms. The largest absolute Gasteiger partial charge is 0.408 e. The number of nitrogens with two attached hydrogens (primary N) is 1. The molecule has 0 aliphatic rings. The van der Waals surface area contributed by atoms with Gasteiger partial charge in [0.1, 0.15) is 11.4 Å². The molecule has 1 rings (SSSR count). The number of rotatable bonds is 5. The van der Waals surface area contributed by atoms with Crippen LogP contribution in [0, 0.1) is 0 Å². The highest BCUT2D eigenvalue weighted by molar-refractivity contribution is 7.89. The number of nitrogens with zero attached hydrogens (tertiary/aromatic N) is 2. The second-order valence-electron chi connectivity index (χ2n) is 4.68. The number of aromatic nitrogens is 2. The van der Waals surface area contributed by atoms with E-state index in [1.54, 1.807) is 13.8 Å². The average molecular weight is 300 g/mol. The van der Waals surface area contributed by atoms with Gasteiger partial charge in [0.2, 0.25) is 10.0 Å². The predicted molar refractivity (Wildman–Crippen MR) is 61.7 cm³/mol. The monoisotopic (exact) mass is 300 g/mol. The maximum absolute atomic E-state index is 12.1. The molecule has 10 heteroatoms. The number of nitrogens with one attached hydrogen (secondary N) is 1. The number of alkyl halides is 3. The minimum absolute atomic E-state index is 0.0446. The molecule has 6 nitrogen and oxygen atoms in total. The van der Waals surface area contributed by atoms with Crippen molar-refractivity contribution in [3.05, 3.63) is 12.4 Å². The van der Waals surface area contributed by atoms with Crippen molar-refractivity contribution in [1.82, 2.24) is 14.5 Å². The highest BCUT2D eigenvalue weighted by Crippen LogP contribution is 2.18. The Bertz CT molecular complexity index is 536. The maximum atomic E-state index is 12.1. The fourth-order valence-electron chi connectivity index (χ4n) is 1.22. The summed E-state index contributed by atoms with van der Waals surface area (Å²) in [6.45, 7) is 1.82. The molecule has 1 heterocycles. The molecule has 0 aliphatic heterocycles. The summed E-state index contributed by atoms with van der Waals surface area (Å²) in [4.78, 5) is -0.335. The van der Waals surface area contributed by atoms with Crippen LogP contribution in [0.25, 0.3) is 0 Å². The molecule has 110 valence electrons. The standard InChI is InChI=1S/C9H15F3N4O2S/c1-8(2,5-13)15-19(17,18)7-3-14-16(4-7)6-9(10,11)12/h3-4,15H,5-6,13H2,1-2H3. The molecule has 3 N–H and O–H groups in total. The highest BCUT2D eigenvalue weighted by atomic mass is 32.2. The van der Waals surface area contributed by atoms with Crippen LogP contribution >= 0.6 is 0 Å². The van der Waals surface area contributed by atoms with E-state index in [0.29, 0.717) is 4.68 Å². The van der Waals surface area contributed by atoms with Crippen molar-refractivity contribution >= 4 is 10.0 Å². The summed E-state index contributed by atoms with van der Waals surface area (Å²) in [5, 5.41) is 3.37. The van der Waals surface area contributed by atoms with E-state index >= 15 is 0 Å². The topological polar surface area (TPSA) is 90.0 Å². The lowest BCUT2D eigenvalue weighted by Crippen LogP contribution is -2.48. The Morgan fingerprint density at radius 2 is 2.00 bits per heavy atom. The minimum atomic E-state index is -4.46. The minimum Gasteiger partial charge on any atom is -0.329 e. The SMILES string of the molecule is CC(C)(CN)NS(=O)(=O)c1cnn(CC(F)(F)F)c1. The van der Waals surface area contributed by atoms with Crippen LogP contribution in [0.1, 0.15) is 13.8 Å². The van der Waals surface area contributed by atoms with Gasteiger partial charge in [-0.15, -0.1) is 0 Å². The van der Waals surface area contributed by atoms with E-state index < -0.39 is 28.3 Å². The van der Waals surface area contributed by atoms with Gasteiger partial charge in [-0.1, -0.05) is 0 Å². The summed E-state index contributed by atoms with van der Waals surface area (Å²) in [6, 6.07) is 0. The quantitative estimate of drug-likeness (QED) is 0.826. The molecule has 0 bridgehead atoms. The third-order valence-corrected chi connectivity index (χ3v) is 3.83. The molecule has 0 radical (unpaired) electrons. The first-order valence-corrected chi connectivity index (χ1v) is 6.77. The fraction of sp³-hybridized carbons (Fsp3) is 0.667. The first-order valence-electron chi connectivity index (χ1n) is 5.28. The molecule has 19 heavy (non-hydrogen) atoms. The number of halogens is 3. The lowest BCUT2D eigenvalue weighted by atomic mass is 10.1. The Balaban J connectivity index is 2.92. The van der Waals surface area contributed by atoms with Crippen molar-refractivity contribution in [2.24, 2.45) is 5.73 Å². The van der Waals surface area contributed by atoms with Crippen LogP contribution in [0.15, 0.2) is 17.3 Å². The molecule has 0 saturated carbocycles. The van der Waals surface area contributed by atoms with Crippen LogP contribution in [-0.2, 0) is 16.6 Å². The van der Waals surface area contributed by atoms with Crippen molar-refractivity contribution in [2.75, 3.05) is 6.54 Å². The van der Waals surface area contributed by atoms with E-state index in [1.165, 1.54) is 0 Å². The van der Waals surface area contributed by atoms with Crippen LogP contribution in [0.5, 0.6) is 0 Å². The van der Waals surface area contributed by atoms with Gasteiger partial charge < -0.3 is 5.73 Å². The summed E-state index contributed by atoms with van der Waals surface area (Å²) >= 11 is 0. The molecule has 0 aromatic carbocycles. The molecule has 0 aliphatic carbocycles. The molecule has 0 atom stereocenters. The average Bonchev–Trinajstić information content (AvgIpc) is 2.62. The van der Waals surface area contributed by atoms with Crippen LogP contribution in [0.4, 0.5) is 13.2 Å². The second-order valence-corrected chi connectivity index (χ2v) is 6.36. The van der Waals surface area contributed by atoms with Gasteiger partial charge in [0.25, 0.3) is 0 Å². The van der Waals surface area contributed by atoms with E-state index in [1.807, 2.05) is 0 Å². The van der Waals surface area contributed by atoms with Gasteiger partial charge in [-0.3, -0.25) is 4.68 Å². The number of sulfonamides is 1. The smallest absolute Gasteiger partial charge is 0.329 e. The predicted octanol–water partition coefficient (Wildman–Crippen LogP) is 0.461. The Morgan fingerprint density at radius 3 is 2.47 bits per heavy atom. The van der Waals surface area contributed by atoms with Crippen molar-refractivity contribution in [1.29, 1.82) is 0 Å². The van der Waals surface area contributed by atoms with Gasteiger partial charge >= 0.3 is 6.18 Å². The molecule has 0 saturated heterocycles. The molecule has 0 fully saturated rings. The highest BCUT2D eigenvalue weighted by Gasteiger charge is 2.30. The van der Waals surface area contributed by atoms with E-state index in [2.05, 4.69) is 9.82 Å². The molecule has 1 aromatic rings. The summed E-state index contributed by atoms with van der Waals surface area (Å²) in [7, 11) is -3.95. The zero-order chi connectivity index (χ0) is 14.9. The Labute approximate surface area is 108 Å². The van der Waals surface area contributed by atoms with Gasteiger partial charge in [0.15, 0.2) is 0 Å². The maximum Gasteiger partial charge on any atom is 0.408 e. The van der Waals surface area contributed by atoms with Crippen LogP contribution in [0.3, 0.4) is 0 Å². The summed E-state index contributed by atoms with van der Waals surface area (Å²) in [5.41, 5.74) is 4.49. The zero-order valence-electron chi connectivity index (χ0n) is 10.4. The summed E-state index contributed by atoms with van der Waals surface area (Å²) in [5.74, 6) is 0. The van der Waals surface area contributed by atoms with Crippen LogP contribution < -0.4 is 10.5 Å². The molecule has 1 aromatic heterocycles. The summed E-state index contributed by atoms with van der Waals surface area (Å²) < 4.78 is 63.0. The first kappa shape index (κ1) is 15.9. The van der Waals surface area contributed by atoms with Gasteiger partial charge in [-0.25, -0.2) is 13.1 Å². The van der Waals surface area contributed by atoms with E-state index in [0.717, 1.165) is 12.4 Å². The van der Waals surface area contributed by atoms with Crippen molar-refractivity contribution in [3.8, 4) is 0 Å². The van der Waals surface area contributed by atoms with E-state index in [9.17, 15) is 21.6 Å². The summed E-state index contributed by atoms with van der Waals surface area (Å²) in [6.07, 6.45) is -2.78. The second kappa shape index (κ2) is 5.10. The number of hydrogen-bond acceptors (Lipinski definition) is 4.